The van der Waals surface area contributed by atoms with E-state index in [1.54, 1.807) is 12.4 Å². The van der Waals surface area contributed by atoms with Crippen LogP contribution in [0.5, 0.6) is 0 Å². The van der Waals surface area contributed by atoms with Gasteiger partial charge in [0.1, 0.15) is 5.82 Å². The van der Waals surface area contributed by atoms with Crippen LogP contribution in [0.3, 0.4) is 0 Å². The molecule has 4 N–H and O–H groups in total. The molecular weight excluding hydrogens is 214 g/mol. The smallest absolute Gasteiger partial charge is 0.160 e. The van der Waals surface area contributed by atoms with Crippen molar-refractivity contribution in [2.24, 2.45) is 11.8 Å². The summed E-state index contributed by atoms with van der Waals surface area (Å²) < 4.78 is 0. The molecule has 0 bridgehead atoms. The quantitative estimate of drug-likeness (QED) is 0.425. The zero-order chi connectivity index (χ0) is 12.1. The fourth-order valence-electron chi connectivity index (χ4n) is 2.40. The third kappa shape index (κ3) is 3.30. The summed E-state index contributed by atoms with van der Waals surface area (Å²) in [7, 11) is 0. The van der Waals surface area contributed by atoms with Crippen LogP contribution in [0.15, 0.2) is 12.4 Å². The molecular formula is C12H21N5. The van der Waals surface area contributed by atoms with Crippen LogP contribution < -0.4 is 16.6 Å². The molecule has 1 aliphatic carbocycles. The first-order chi connectivity index (χ1) is 8.29. The Morgan fingerprint density at radius 1 is 1.18 bits per heavy atom. The zero-order valence-corrected chi connectivity index (χ0v) is 10.3. The molecule has 5 heteroatoms. The third-order valence-electron chi connectivity index (χ3n) is 3.48. The van der Waals surface area contributed by atoms with E-state index < -0.39 is 0 Å². The molecule has 2 atom stereocenters. The van der Waals surface area contributed by atoms with Crippen LogP contribution >= 0.6 is 0 Å². The first kappa shape index (κ1) is 12.1. The minimum atomic E-state index is 0.500. The molecule has 94 valence electrons. The average molecular weight is 235 g/mol. The molecule has 0 saturated heterocycles. The number of anilines is 2. The molecule has 0 spiro atoms. The summed E-state index contributed by atoms with van der Waals surface area (Å²) in [6, 6.07) is 0.500. The zero-order valence-electron chi connectivity index (χ0n) is 10.3. The molecule has 1 saturated carbocycles. The van der Waals surface area contributed by atoms with Crippen LogP contribution in [-0.2, 0) is 0 Å². The van der Waals surface area contributed by atoms with Gasteiger partial charge in [0.15, 0.2) is 5.82 Å². The maximum Gasteiger partial charge on any atom is 0.160 e. The first-order valence-electron chi connectivity index (χ1n) is 6.35. The van der Waals surface area contributed by atoms with Crippen LogP contribution in [0.4, 0.5) is 11.6 Å². The summed E-state index contributed by atoms with van der Waals surface area (Å²) in [5.41, 5.74) is 2.51. The van der Waals surface area contributed by atoms with Crippen LogP contribution in [0, 0.1) is 5.92 Å². The lowest BCUT2D eigenvalue weighted by molar-refractivity contribution is 0.455. The number of aromatic nitrogens is 2. The molecule has 2 rings (SSSR count). The fourth-order valence-corrected chi connectivity index (χ4v) is 2.40. The van der Waals surface area contributed by atoms with Gasteiger partial charge in [-0.3, -0.25) is 4.98 Å². The Hall–Kier alpha value is -1.36. The van der Waals surface area contributed by atoms with Gasteiger partial charge in [0, 0.05) is 6.04 Å². The predicted molar refractivity (Wildman–Crippen MR) is 69.5 cm³/mol. The van der Waals surface area contributed by atoms with Gasteiger partial charge in [0.05, 0.1) is 12.4 Å². The molecule has 0 radical (unpaired) electrons. The lowest BCUT2D eigenvalue weighted by atomic mass is 9.97. The Bertz CT molecular complexity index is 355. The van der Waals surface area contributed by atoms with Crippen LogP contribution in [0.1, 0.15) is 39.0 Å². The highest BCUT2D eigenvalue weighted by molar-refractivity contribution is 5.41. The topological polar surface area (TPSA) is 75.9 Å². The van der Waals surface area contributed by atoms with E-state index in [0.29, 0.717) is 17.8 Å². The first-order valence-corrected chi connectivity index (χ1v) is 6.35. The highest BCUT2D eigenvalue weighted by atomic mass is 15.3. The number of hydrazine groups is 1. The number of nitrogens with zero attached hydrogens (tertiary/aromatic N) is 2. The van der Waals surface area contributed by atoms with E-state index in [1.807, 2.05) is 0 Å². The maximum absolute atomic E-state index is 5.32. The number of nitrogens with two attached hydrogens (primary N) is 1. The highest BCUT2D eigenvalue weighted by Gasteiger charge is 2.20. The Morgan fingerprint density at radius 2 is 1.94 bits per heavy atom. The van der Waals surface area contributed by atoms with Crippen molar-refractivity contribution in [1.29, 1.82) is 0 Å². The molecule has 1 heterocycles. The number of hydrogen-bond donors (Lipinski definition) is 3. The molecule has 1 aromatic rings. The third-order valence-corrected chi connectivity index (χ3v) is 3.48. The number of nitrogen functional groups attached to an aromatic ring is 1. The van der Waals surface area contributed by atoms with Crippen molar-refractivity contribution in [2.45, 2.75) is 45.1 Å². The Kier molecular flexibility index (Phi) is 4.14. The van der Waals surface area contributed by atoms with Crippen molar-refractivity contribution < 1.29 is 0 Å². The molecule has 0 aliphatic heterocycles. The maximum atomic E-state index is 5.32. The Labute approximate surface area is 102 Å². The molecule has 1 aliphatic rings. The lowest BCUT2D eigenvalue weighted by Gasteiger charge is -2.23. The standard InChI is InChI=1S/C12H21N5/c1-9-5-3-2-4-6-10(9)15-11-7-14-8-12(16-11)17-13/h7-10H,2-6,13H2,1H3,(H2,15,16,17). The molecule has 1 aromatic heterocycles. The summed E-state index contributed by atoms with van der Waals surface area (Å²) in [5, 5.41) is 3.48. The summed E-state index contributed by atoms with van der Waals surface area (Å²) >= 11 is 0. The average Bonchev–Trinajstić information content (AvgIpc) is 2.55. The van der Waals surface area contributed by atoms with Gasteiger partial charge < -0.3 is 10.7 Å². The van der Waals surface area contributed by atoms with Crippen molar-refractivity contribution >= 4 is 11.6 Å². The van der Waals surface area contributed by atoms with Crippen molar-refractivity contribution in [2.75, 3.05) is 10.7 Å². The second-order valence-electron chi connectivity index (χ2n) is 4.80. The van der Waals surface area contributed by atoms with Gasteiger partial charge in [-0.25, -0.2) is 10.8 Å². The second-order valence-corrected chi connectivity index (χ2v) is 4.80. The van der Waals surface area contributed by atoms with E-state index in [4.69, 9.17) is 5.84 Å². The Balaban J connectivity index is 2.02. The van der Waals surface area contributed by atoms with Gasteiger partial charge in [0.2, 0.25) is 0 Å². The summed E-state index contributed by atoms with van der Waals surface area (Å²) in [6.45, 7) is 2.31. The molecule has 0 aromatic carbocycles. The van der Waals surface area contributed by atoms with Crippen LogP contribution in [0.2, 0.25) is 0 Å². The van der Waals surface area contributed by atoms with E-state index in [0.717, 1.165) is 5.82 Å². The number of nitrogens with one attached hydrogen (secondary N) is 2. The highest BCUT2D eigenvalue weighted by Crippen LogP contribution is 2.25. The SMILES string of the molecule is CC1CCCCCC1Nc1cncc(NN)n1. The van der Waals surface area contributed by atoms with Gasteiger partial charge in [0.25, 0.3) is 0 Å². The molecule has 2 unspecified atom stereocenters. The van der Waals surface area contributed by atoms with Gasteiger partial charge in [-0.2, -0.15) is 0 Å². The summed E-state index contributed by atoms with van der Waals surface area (Å²) in [5.74, 6) is 7.41. The van der Waals surface area contributed by atoms with Crippen LogP contribution in [-0.4, -0.2) is 16.0 Å². The number of hydrogen-bond acceptors (Lipinski definition) is 5. The summed E-state index contributed by atoms with van der Waals surface area (Å²) in [6.07, 6.45) is 9.85. The molecule has 17 heavy (non-hydrogen) atoms. The monoisotopic (exact) mass is 235 g/mol. The molecule has 1 fully saturated rings. The van der Waals surface area contributed by atoms with Crippen molar-refractivity contribution in [3.05, 3.63) is 12.4 Å². The predicted octanol–water partition coefficient (Wildman–Crippen LogP) is 2.14. The van der Waals surface area contributed by atoms with Crippen molar-refractivity contribution in [3.8, 4) is 0 Å². The van der Waals surface area contributed by atoms with Gasteiger partial charge in [-0.05, 0) is 18.8 Å². The fraction of sp³-hybridized carbons (Fsp3) is 0.667. The summed E-state index contributed by atoms with van der Waals surface area (Å²) in [4.78, 5) is 8.44. The second kappa shape index (κ2) is 5.82. The van der Waals surface area contributed by atoms with E-state index in [2.05, 4.69) is 27.6 Å². The van der Waals surface area contributed by atoms with E-state index in [-0.39, 0.29) is 0 Å². The number of rotatable bonds is 3. The van der Waals surface area contributed by atoms with Crippen LogP contribution in [0.25, 0.3) is 0 Å². The van der Waals surface area contributed by atoms with E-state index in [1.165, 1.54) is 32.1 Å². The molecule has 5 nitrogen and oxygen atoms in total. The van der Waals surface area contributed by atoms with Gasteiger partial charge in [-0.15, -0.1) is 0 Å². The van der Waals surface area contributed by atoms with Gasteiger partial charge >= 0.3 is 0 Å². The molecule has 0 amide bonds. The van der Waals surface area contributed by atoms with Crippen molar-refractivity contribution in [1.82, 2.24) is 9.97 Å². The largest absolute Gasteiger partial charge is 0.366 e. The van der Waals surface area contributed by atoms with Gasteiger partial charge in [-0.1, -0.05) is 26.2 Å². The van der Waals surface area contributed by atoms with E-state index in [9.17, 15) is 0 Å². The van der Waals surface area contributed by atoms with E-state index >= 15 is 0 Å². The Morgan fingerprint density at radius 3 is 2.76 bits per heavy atom. The minimum Gasteiger partial charge on any atom is -0.366 e. The minimum absolute atomic E-state index is 0.500. The van der Waals surface area contributed by atoms with Crippen molar-refractivity contribution in [3.63, 3.8) is 0 Å². The normalized spacial score (nSPS) is 25.1. The lowest BCUT2D eigenvalue weighted by Crippen LogP contribution is -2.27.